The molecule has 0 unspecified atom stereocenters. The summed E-state index contributed by atoms with van der Waals surface area (Å²) >= 11 is 0. The third-order valence-electron chi connectivity index (χ3n) is 0.930. The van der Waals surface area contributed by atoms with Crippen LogP contribution in [0.15, 0.2) is 0 Å². The van der Waals surface area contributed by atoms with Gasteiger partial charge in [-0.3, -0.25) is 0 Å². The molecule has 0 N–H and O–H groups in total. The number of hydrogen-bond acceptors (Lipinski definition) is 0. The molecular formula is CH5B9S. The van der Waals surface area contributed by atoms with E-state index in [9.17, 15) is 0 Å². The van der Waals surface area contributed by atoms with Crippen LogP contribution in [0.5, 0.6) is 0 Å². The molecule has 0 amide bonds. The Kier molecular flexibility index (Phi) is 9.55. The van der Waals surface area contributed by atoms with E-state index in [1.807, 2.05) is 60.2 Å². The van der Waals surface area contributed by atoms with Gasteiger partial charge in [0.1, 0.15) is 0 Å². The first-order valence-electron chi connectivity index (χ1n) is 3.46. The molecule has 0 aromatic rings. The Labute approximate surface area is 76.5 Å². The summed E-state index contributed by atoms with van der Waals surface area (Å²) in [6, 6.07) is 1.97. The van der Waals surface area contributed by atoms with Gasteiger partial charge in [0, 0.05) is 0 Å². The minimum atomic E-state index is -0.0865. The average molecular weight is 146 g/mol. The van der Waals surface area contributed by atoms with Crippen LogP contribution in [0.2, 0.25) is 0 Å². The second kappa shape index (κ2) is 8.90. The predicted molar refractivity (Wildman–Crippen MR) is 68.1 cm³/mol. The van der Waals surface area contributed by atoms with Crippen molar-refractivity contribution >= 4 is 70.0 Å². The summed E-state index contributed by atoms with van der Waals surface area (Å²) in [6.45, 7) is 17.4. The fourth-order valence-electron chi connectivity index (χ4n) is 0.473. The Morgan fingerprint density at radius 2 is 1.64 bits per heavy atom. The molecule has 11 heavy (non-hydrogen) atoms. The quantitative estimate of drug-likeness (QED) is 0.369. The van der Waals surface area contributed by atoms with Gasteiger partial charge in [0.25, 0.3) is 0 Å². The van der Waals surface area contributed by atoms with Crippen LogP contribution in [0.25, 0.3) is 0 Å². The fourth-order valence-corrected chi connectivity index (χ4v) is 0.811. The van der Waals surface area contributed by atoms with Crippen molar-refractivity contribution in [2.45, 2.75) is 0 Å². The Hall–Kier alpha value is 0.804. The van der Waals surface area contributed by atoms with E-state index in [4.69, 9.17) is 6.53 Å². The molecule has 0 radical (unpaired) electrons. The summed E-state index contributed by atoms with van der Waals surface area (Å²) in [7, 11) is 1.90. The molecule has 10 heteroatoms. The minimum absolute atomic E-state index is 0.0865. The normalized spacial score (nSPS) is 9.18. The molecule has 0 atom stereocenters. The molecule has 0 aliphatic rings. The van der Waals surface area contributed by atoms with E-state index >= 15 is 0 Å². The topological polar surface area (TPSA) is 0 Å². The van der Waals surface area contributed by atoms with Gasteiger partial charge < -0.3 is 0 Å². The Balaban J connectivity index is 3.82. The molecule has 0 rings (SSSR count). The van der Waals surface area contributed by atoms with Gasteiger partial charge >= 0.3 is 76.3 Å². The van der Waals surface area contributed by atoms with E-state index in [-0.39, 0.29) is 9.56 Å². The van der Waals surface area contributed by atoms with Gasteiger partial charge in [0.05, 0.1) is 0 Å². The van der Waals surface area contributed by atoms with Crippen LogP contribution in [0, 0.1) is 0 Å². The van der Waals surface area contributed by atoms with Crippen LogP contribution in [0.1, 0.15) is 0 Å². The summed E-state index contributed by atoms with van der Waals surface area (Å²) in [5.41, 5.74) is 0. The fraction of sp³-hybridized carbons (Fsp3) is 1.00. The Morgan fingerprint density at radius 3 is 2.18 bits per heavy atom. The summed E-state index contributed by atoms with van der Waals surface area (Å²) in [4.78, 5) is 0. The molecule has 0 bridgehead atoms. The van der Waals surface area contributed by atoms with Crippen molar-refractivity contribution in [2.24, 2.45) is 0 Å². The molecule has 0 saturated heterocycles. The summed E-state index contributed by atoms with van der Waals surface area (Å²) < 4.78 is 0. The first-order valence-corrected chi connectivity index (χ1v) is 5.22. The second-order valence-electron chi connectivity index (χ2n) is 2.04. The van der Waals surface area contributed by atoms with Crippen molar-refractivity contribution < 1.29 is 0 Å². The van der Waals surface area contributed by atoms with Crippen molar-refractivity contribution in [3.05, 3.63) is 0 Å². The summed E-state index contributed by atoms with van der Waals surface area (Å²) in [6.07, 6.45) is 1.97. The first-order chi connectivity index (χ1) is 5.27. The van der Waals surface area contributed by atoms with Crippen molar-refractivity contribution in [1.82, 2.24) is 0 Å². The van der Waals surface area contributed by atoms with Crippen molar-refractivity contribution in [1.29, 1.82) is 0 Å². The Bertz CT molecular complexity index is 289. The van der Waals surface area contributed by atoms with E-state index in [1.54, 1.807) is 0 Å². The van der Waals surface area contributed by atoms with Gasteiger partial charge in [-0.15, -0.1) is 0 Å². The average Bonchev–Trinajstić information content (AvgIpc) is 1.96. The molecule has 0 spiro atoms. The number of rotatable bonds is 3. The zero-order valence-electron chi connectivity index (χ0n) is 7.03. The van der Waals surface area contributed by atoms with E-state index in [0.717, 1.165) is 0 Å². The predicted octanol–water partition coefficient (Wildman–Crippen LogP) is -3.15. The molecule has 0 aromatic heterocycles. The molecule has 0 aliphatic heterocycles. The molecule has 0 aliphatic carbocycles. The van der Waals surface area contributed by atoms with E-state index in [1.165, 1.54) is 0 Å². The second-order valence-corrected chi connectivity index (χ2v) is 3.53. The summed E-state index contributed by atoms with van der Waals surface area (Å²) in [5.74, 6) is 0. The van der Waals surface area contributed by atoms with Crippen LogP contribution in [0.4, 0.5) is 0 Å². The van der Waals surface area contributed by atoms with Crippen LogP contribution < -0.4 is 0 Å². The molecule has 42 valence electrons. The maximum atomic E-state index is 5.52. The van der Waals surface area contributed by atoms with Gasteiger partial charge in [0.15, 0.2) is 0 Å². The first kappa shape index (κ1) is 11.8. The van der Waals surface area contributed by atoms with Crippen molar-refractivity contribution in [3.8, 4) is 0 Å². The SMILES string of the molecule is B#S(C)=BB=BB=BB=BB. The van der Waals surface area contributed by atoms with Crippen molar-refractivity contribution in [3.63, 3.8) is 0 Å². The zero-order valence-corrected chi connectivity index (χ0v) is 7.84. The maximum absolute atomic E-state index is 5.52. The molecule has 0 aromatic carbocycles. The number of hydrogen-bond donors (Lipinski definition) is 0. The molecule has 0 saturated carbocycles. The van der Waals surface area contributed by atoms with E-state index in [0.29, 0.717) is 0 Å². The van der Waals surface area contributed by atoms with Crippen LogP contribution in [-0.4, -0.2) is 66.7 Å². The van der Waals surface area contributed by atoms with Gasteiger partial charge in [0.2, 0.25) is 0 Å². The monoisotopic (exact) mass is 148 g/mol. The van der Waals surface area contributed by atoms with Crippen LogP contribution >= 0.6 is 9.56 Å². The molecule has 0 fully saturated rings. The van der Waals surface area contributed by atoms with E-state index in [2.05, 4.69) is 0 Å². The third kappa shape index (κ3) is 10.8. The zero-order chi connectivity index (χ0) is 8.53. The molecule has 0 heterocycles. The summed E-state index contributed by atoms with van der Waals surface area (Å²) in [5, 5.41) is 0. The van der Waals surface area contributed by atoms with Crippen molar-refractivity contribution in [2.75, 3.05) is 6.26 Å². The van der Waals surface area contributed by atoms with Gasteiger partial charge in [-0.1, -0.05) is 0 Å². The Morgan fingerprint density at radius 1 is 1.09 bits per heavy atom. The molecular weight excluding hydrogens is 141 g/mol. The van der Waals surface area contributed by atoms with Crippen LogP contribution in [-0.2, 0) is 0 Å². The van der Waals surface area contributed by atoms with Gasteiger partial charge in [-0.2, -0.15) is 0 Å². The van der Waals surface area contributed by atoms with Crippen LogP contribution in [0.3, 0.4) is 0 Å². The molecule has 0 nitrogen and oxygen atoms in total. The van der Waals surface area contributed by atoms with Gasteiger partial charge in [-0.25, -0.2) is 0 Å². The van der Waals surface area contributed by atoms with Gasteiger partial charge in [-0.05, 0) is 0 Å². The standard InChI is InChI=1S/CH5B9S/c1-11(3)10-9-8-7-6-5-4-2/h2H2,1H3. The van der Waals surface area contributed by atoms with E-state index < -0.39 is 0 Å². The third-order valence-corrected chi connectivity index (χ3v) is 1.52.